The van der Waals surface area contributed by atoms with E-state index in [1.54, 1.807) is 18.2 Å². The molecule has 4 nitrogen and oxygen atoms in total. The largest absolute Gasteiger partial charge is 0.435 e. The Bertz CT molecular complexity index is 839. The summed E-state index contributed by atoms with van der Waals surface area (Å²) in [6.45, 7) is 0. The van der Waals surface area contributed by atoms with Crippen LogP contribution in [0.2, 0.25) is 5.02 Å². The SMILES string of the molecule is O=Cc1ccc(Oc2ncnc3cc(Cl)ccc23)c(F)c1. The molecule has 104 valence electrons. The van der Waals surface area contributed by atoms with Crippen molar-refractivity contribution < 1.29 is 13.9 Å². The Morgan fingerprint density at radius 3 is 2.76 bits per heavy atom. The van der Waals surface area contributed by atoms with Gasteiger partial charge in [0.15, 0.2) is 11.6 Å². The quantitative estimate of drug-likeness (QED) is 0.686. The highest BCUT2D eigenvalue weighted by Crippen LogP contribution is 2.29. The molecule has 3 aromatic rings. The third-order valence-electron chi connectivity index (χ3n) is 2.86. The second-order valence-electron chi connectivity index (χ2n) is 4.25. The van der Waals surface area contributed by atoms with E-state index in [-0.39, 0.29) is 17.2 Å². The Kier molecular flexibility index (Phi) is 3.50. The second kappa shape index (κ2) is 5.46. The lowest BCUT2D eigenvalue weighted by Crippen LogP contribution is -1.94. The summed E-state index contributed by atoms with van der Waals surface area (Å²) in [5.74, 6) is -0.440. The Morgan fingerprint density at radius 2 is 2.00 bits per heavy atom. The fourth-order valence-electron chi connectivity index (χ4n) is 1.86. The lowest BCUT2D eigenvalue weighted by atomic mass is 10.2. The monoisotopic (exact) mass is 302 g/mol. The van der Waals surface area contributed by atoms with E-state index in [9.17, 15) is 9.18 Å². The Balaban J connectivity index is 2.04. The van der Waals surface area contributed by atoms with Gasteiger partial charge in [0.2, 0.25) is 5.88 Å². The molecule has 0 radical (unpaired) electrons. The Morgan fingerprint density at radius 1 is 1.14 bits per heavy atom. The molecular formula is C15H8ClFN2O2. The summed E-state index contributed by atoms with van der Waals surface area (Å²) in [7, 11) is 0. The van der Waals surface area contributed by atoms with Crippen molar-refractivity contribution in [3.63, 3.8) is 0 Å². The number of hydrogen-bond donors (Lipinski definition) is 0. The normalized spacial score (nSPS) is 10.6. The van der Waals surface area contributed by atoms with Crippen molar-refractivity contribution in [3.05, 3.63) is 59.1 Å². The molecule has 0 saturated heterocycles. The van der Waals surface area contributed by atoms with Crippen LogP contribution in [0.15, 0.2) is 42.7 Å². The number of hydrogen-bond acceptors (Lipinski definition) is 4. The zero-order chi connectivity index (χ0) is 14.8. The number of rotatable bonds is 3. The van der Waals surface area contributed by atoms with Crippen LogP contribution in [-0.4, -0.2) is 16.3 Å². The van der Waals surface area contributed by atoms with Crippen molar-refractivity contribution in [2.24, 2.45) is 0 Å². The first-order chi connectivity index (χ1) is 10.2. The molecule has 0 fully saturated rings. The van der Waals surface area contributed by atoms with Crippen LogP contribution < -0.4 is 4.74 Å². The van der Waals surface area contributed by atoms with Crippen molar-refractivity contribution >= 4 is 28.8 Å². The maximum absolute atomic E-state index is 13.8. The minimum absolute atomic E-state index is 0.0180. The molecule has 21 heavy (non-hydrogen) atoms. The van der Waals surface area contributed by atoms with Crippen molar-refractivity contribution in [2.75, 3.05) is 0 Å². The van der Waals surface area contributed by atoms with Crippen LogP contribution in [0.25, 0.3) is 10.9 Å². The van der Waals surface area contributed by atoms with E-state index >= 15 is 0 Å². The highest BCUT2D eigenvalue weighted by atomic mass is 35.5. The summed E-state index contributed by atoms with van der Waals surface area (Å²) in [6.07, 6.45) is 1.88. The predicted molar refractivity (Wildman–Crippen MR) is 76.4 cm³/mol. The molecule has 0 atom stereocenters. The van der Waals surface area contributed by atoms with Gasteiger partial charge in [-0.15, -0.1) is 0 Å². The maximum atomic E-state index is 13.8. The molecule has 0 spiro atoms. The van der Waals surface area contributed by atoms with Crippen LogP contribution >= 0.6 is 11.6 Å². The number of fused-ring (bicyclic) bond motifs is 1. The first-order valence-corrected chi connectivity index (χ1v) is 6.38. The first-order valence-electron chi connectivity index (χ1n) is 6.00. The van der Waals surface area contributed by atoms with E-state index in [0.717, 1.165) is 6.07 Å². The summed E-state index contributed by atoms with van der Waals surface area (Å²) in [4.78, 5) is 18.7. The lowest BCUT2D eigenvalue weighted by molar-refractivity contribution is 0.112. The number of aromatic nitrogens is 2. The topological polar surface area (TPSA) is 52.1 Å². The molecule has 0 aliphatic rings. The van der Waals surface area contributed by atoms with E-state index in [4.69, 9.17) is 16.3 Å². The molecule has 0 N–H and O–H groups in total. The predicted octanol–water partition coefficient (Wildman–Crippen LogP) is 4.03. The van der Waals surface area contributed by atoms with Crippen molar-refractivity contribution in [2.45, 2.75) is 0 Å². The molecule has 0 aliphatic carbocycles. The number of nitrogens with zero attached hydrogens (tertiary/aromatic N) is 2. The lowest BCUT2D eigenvalue weighted by Gasteiger charge is -2.08. The van der Waals surface area contributed by atoms with Gasteiger partial charge in [-0.2, -0.15) is 0 Å². The van der Waals surface area contributed by atoms with E-state index in [2.05, 4.69) is 9.97 Å². The molecule has 0 saturated carbocycles. The summed E-state index contributed by atoms with van der Waals surface area (Å²) in [5, 5.41) is 1.15. The minimum atomic E-state index is -0.639. The van der Waals surface area contributed by atoms with E-state index < -0.39 is 5.82 Å². The zero-order valence-corrected chi connectivity index (χ0v) is 11.3. The van der Waals surface area contributed by atoms with Crippen LogP contribution in [0, 0.1) is 5.82 Å². The van der Waals surface area contributed by atoms with Gasteiger partial charge < -0.3 is 4.74 Å². The van der Waals surface area contributed by atoms with Gasteiger partial charge in [0, 0.05) is 10.6 Å². The third kappa shape index (κ3) is 2.68. The van der Waals surface area contributed by atoms with Crippen molar-refractivity contribution in [1.29, 1.82) is 0 Å². The summed E-state index contributed by atoms with van der Waals surface area (Å²) in [6, 6.07) is 8.98. The summed E-state index contributed by atoms with van der Waals surface area (Å²) in [5.41, 5.74) is 0.830. The van der Waals surface area contributed by atoms with Crippen LogP contribution in [0.5, 0.6) is 11.6 Å². The van der Waals surface area contributed by atoms with Gasteiger partial charge in [0.05, 0.1) is 10.9 Å². The number of carbonyl (C=O) groups excluding carboxylic acids is 1. The number of carbonyl (C=O) groups is 1. The van der Waals surface area contributed by atoms with Gasteiger partial charge in [0.25, 0.3) is 0 Å². The number of ether oxygens (including phenoxy) is 1. The fourth-order valence-corrected chi connectivity index (χ4v) is 2.03. The van der Waals surface area contributed by atoms with Gasteiger partial charge >= 0.3 is 0 Å². The number of aldehydes is 1. The molecule has 6 heteroatoms. The summed E-state index contributed by atoms with van der Waals surface area (Å²) < 4.78 is 19.3. The molecule has 2 aromatic carbocycles. The first kappa shape index (κ1) is 13.5. The molecule has 3 rings (SSSR count). The van der Waals surface area contributed by atoms with Crippen LogP contribution in [-0.2, 0) is 0 Å². The number of halogens is 2. The van der Waals surface area contributed by atoms with Gasteiger partial charge in [-0.05, 0) is 36.4 Å². The Hall–Kier alpha value is -2.53. The van der Waals surface area contributed by atoms with Crippen molar-refractivity contribution in [3.8, 4) is 11.6 Å². The highest BCUT2D eigenvalue weighted by molar-refractivity contribution is 6.31. The molecule has 0 amide bonds. The van der Waals surface area contributed by atoms with Gasteiger partial charge in [-0.3, -0.25) is 4.79 Å². The molecule has 0 aliphatic heterocycles. The molecule has 0 bridgehead atoms. The molecular weight excluding hydrogens is 295 g/mol. The summed E-state index contributed by atoms with van der Waals surface area (Å²) >= 11 is 5.90. The van der Waals surface area contributed by atoms with Crippen molar-refractivity contribution in [1.82, 2.24) is 9.97 Å². The average Bonchev–Trinajstić information content (AvgIpc) is 2.49. The molecule has 1 heterocycles. The Labute approximate surface area is 124 Å². The fraction of sp³-hybridized carbons (Fsp3) is 0. The van der Waals surface area contributed by atoms with Gasteiger partial charge in [-0.1, -0.05) is 11.6 Å². The van der Waals surface area contributed by atoms with Crippen LogP contribution in [0.4, 0.5) is 4.39 Å². The minimum Gasteiger partial charge on any atom is -0.435 e. The maximum Gasteiger partial charge on any atom is 0.230 e. The van der Waals surface area contributed by atoms with Crippen LogP contribution in [0.1, 0.15) is 10.4 Å². The van der Waals surface area contributed by atoms with E-state index in [0.29, 0.717) is 22.2 Å². The zero-order valence-electron chi connectivity index (χ0n) is 10.6. The van der Waals surface area contributed by atoms with Crippen LogP contribution in [0.3, 0.4) is 0 Å². The second-order valence-corrected chi connectivity index (χ2v) is 4.69. The van der Waals surface area contributed by atoms with E-state index in [1.165, 1.54) is 18.5 Å². The highest BCUT2D eigenvalue weighted by Gasteiger charge is 2.10. The van der Waals surface area contributed by atoms with Gasteiger partial charge in [-0.25, -0.2) is 14.4 Å². The standard InChI is InChI=1S/C15H8ClFN2O2/c16-10-2-3-11-13(6-10)18-8-19-15(11)21-14-4-1-9(7-20)5-12(14)17/h1-8H. The van der Waals surface area contributed by atoms with Gasteiger partial charge in [0.1, 0.15) is 12.6 Å². The third-order valence-corrected chi connectivity index (χ3v) is 3.10. The average molecular weight is 303 g/mol. The number of benzene rings is 2. The van der Waals surface area contributed by atoms with E-state index in [1.807, 2.05) is 0 Å². The smallest absolute Gasteiger partial charge is 0.230 e. The molecule has 1 aromatic heterocycles. The molecule has 0 unspecified atom stereocenters.